The molecule has 7 heteroatoms. The number of H-pyrrole nitrogens is 1. The number of nitrogens with zero attached hydrogens (tertiary/aromatic N) is 1. The van der Waals surface area contributed by atoms with Gasteiger partial charge in [-0.25, -0.2) is 13.1 Å². The lowest BCUT2D eigenvalue weighted by molar-refractivity contribution is 0.507. The van der Waals surface area contributed by atoms with Crippen LogP contribution in [0.3, 0.4) is 0 Å². The molecule has 1 unspecified atom stereocenters. The van der Waals surface area contributed by atoms with Crippen LogP contribution < -0.4 is 4.72 Å². The van der Waals surface area contributed by atoms with Gasteiger partial charge >= 0.3 is 0 Å². The molecular weight excluding hydrogens is 366 g/mol. The van der Waals surface area contributed by atoms with Gasteiger partial charge in [-0.3, -0.25) is 5.10 Å². The second-order valence-electron chi connectivity index (χ2n) is 6.72. The SMILES string of the molecule is Cc1cc(-c2cc(S(=O)(=O)NC3CCCc4ccccc43)c(C)s2)[nH]n1. The van der Waals surface area contributed by atoms with E-state index in [2.05, 4.69) is 21.0 Å². The summed E-state index contributed by atoms with van der Waals surface area (Å²) in [6.07, 6.45) is 2.83. The van der Waals surface area contributed by atoms with Crippen LogP contribution in [0.2, 0.25) is 0 Å². The van der Waals surface area contributed by atoms with Gasteiger partial charge < -0.3 is 0 Å². The van der Waals surface area contributed by atoms with E-state index in [0.29, 0.717) is 4.90 Å². The number of aromatic amines is 1. The monoisotopic (exact) mass is 387 g/mol. The predicted octanol–water partition coefficient (Wildman–Crippen LogP) is 4.11. The van der Waals surface area contributed by atoms with Gasteiger partial charge in [0.25, 0.3) is 0 Å². The highest BCUT2D eigenvalue weighted by atomic mass is 32.2. The fourth-order valence-corrected chi connectivity index (χ4v) is 6.35. The van der Waals surface area contributed by atoms with Crippen LogP contribution >= 0.6 is 11.3 Å². The molecule has 0 saturated heterocycles. The molecule has 136 valence electrons. The van der Waals surface area contributed by atoms with E-state index in [9.17, 15) is 8.42 Å². The van der Waals surface area contributed by atoms with Crippen LogP contribution in [-0.4, -0.2) is 18.6 Å². The van der Waals surface area contributed by atoms with E-state index in [1.54, 1.807) is 6.07 Å². The Morgan fingerprint density at radius 2 is 2.04 bits per heavy atom. The van der Waals surface area contributed by atoms with Gasteiger partial charge in [-0.15, -0.1) is 11.3 Å². The normalized spacial score (nSPS) is 17.2. The van der Waals surface area contributed by atoms with E-state index >= 15 is 0 Å². The lowest BCUT2D eigenvalue weighted by Crippen LogP contribution is -2.31. The number of nitrogens with one attached hydrogen (secondary N) is 2. The molecule has 1 aliphatic rings. The van der Waals surface area contributed by atoms with Gasteiger partial charge in [0.2, 0.25) is 10.0 Å². The number of thiophene rings is 1. The summed E-state index contributed by atoms with van der Waals surface area (Å²) >= 11 is 1.46. The van der Waals surface area contributed by atoms with Crippen molar-refractivity contribution in [2.45, 2.75) is 44.0 Å². The molecule has 2 aromatic heterocycles. The van der Waals surface area contributed by atoms with Crippen LogP contribution in [0, 0.1) is 13.8 Å². The Labute approximate surface area is 157 Å². The number of benzene rings is 1. The van der Waals surface area contributed by atoms with Crippen molar-refractivity contribution in [1.82, 2.24) is 14.9 Å². The van der Waals surface area contributed by atoms with Crippen LogP contribution in [0.15, 0.2) is 41.3 Å². The maximum Gasteiger partial charge on any atom is 0.242 e. The second kappa shape index (κ2) is 6.64. The molecule has 1 aliphatic carbocycles. The Bertz CT molecular complexity index is 1050. The Hall–Kier alpha value is -1.96. The van der Waals surface area contributed by atoms with Gasteiger partial charge in [-0.1, -0.05) is 24.3 Å². The number of sulfonamides is 1. The van der Waals surface area contributed by atoms with Crippen molar-refractivity contribution in [1.29, 1.82) is 0 Å². The van der Waals surface area contributed by atoms with E-state index in [4.69, 9.17) is 0 Å². The van der Waals surface area contributed by atoms with Crippen molar-refractivity contribution >= 4 is 21.4 Å². The molecule has 1 atom stereocenters. The van der Waals surface area contributed by atoms with E-state index < -0.39 is 10.0 Å². The molecule has 2 N–H and O–H groups in total. The summed E-state index contributed by atoms with van der Waals surface area (Å²) < 4.78 is 29.0. The summed E-state index contributed by atoms with van der Waals surface area (Å²) in [5, 5.41) is 7.08. The van der Waals surface area contributed by atoms with Gasteiger partial charge in [0.05, 0.1) is 21.2 Å². The van der Waals surface area contributed by atoms with Crippen LogP contribution in [-0.2, 0) is 16.4 Å². The van der Waals surface area contributed by atoms with Crippen molar-refractivity contribution in [3.05, 3.63) is 58.1 Å². The topological polar surface area (TPSA) is 74.8 Å². The summed E-state index contributed by atoms with van der Waals surface area (Å²) in [5.41, 5.74) is 4.06. The average Bonchev–Trinajstić information content (AvgIpc) is 3.21. The first-order chi connectivity index (χ1) is 12.4. The number of fused-ring (bicyclic) bond motifs is 1. The zero-order valence-corrected chi connectivity index (χ0v) is 16.4. The van der Waals surface area contributed by atoms with Gasteiger partial charge in [-0.05, 0) is 56.4 Å². The highest BCUT2D eigenvalue weighted by Crippen LogP contribution is 2.35. The number of aryl methyl sites for hydroxylation is 3. The fourth-order valence-electron chi connectivity index (χ4n) is 3.54. The molecule has 5 nitrogen and oxygen atoms in total. The zero-order valence-electron chi connectivity index (χ0n) is 14.7. The molecule has 1 aromatic carbocycles. The number of hydrogen-bond donors (Lipinski definition) is 2. The van der Waals surface area contributed by atoms with E-state index in [0.717, 1.165) is 46.0 Å². The molecule has 26 heavy (non-hydrogen) atoms. The van der Waals surface area contributed by atoms with Gasteiger partial charge in [0.1, 0.15) is 0 Å². The molecule has 0 spiro atoms. The molecule has 0 radical (unpaired) electrons. The largest absolute Gasteiger partial charge is 0.277 e. The molecule has 2 heterocycles. The minimum absolute atomic E-state index is 0.165. The second-order valence-corrected chi connectivity index (χ2v) is 9.66. The molecule has 4 rings (SSSR count). The lowest BCUT2D eigenvalue weighted by atomic mass is 9.88. The first kappa shape index (κ1) is 17.5. The maximum absolute atomic E-state index is 13.1. The lowest BCUT2D eigenvalue weighted by Gasteiger charge is -2.26. The highest BCUT2D eigenvalue weighted by molar-refractivity contribution is 7.89. The third kappa shape index (κ3) is 3.22. The average molecular weight is 388 g/mol. The smallest absolute Gasteiger partial charge is 0.242 e. The Morgan fingerprint density at radius 1 is 1.23 bits per heavy atom. The van der Waals surface area contributed by atoms with Crippen LogP contribution in [0.25, 0.3) is 10.6 Å². The third-order valence-electron chi connectivity index (χ3n) is 4.80. The van der Waals surface area contributed by atoms with Crippen LogP contribution in [0.5, 0.6) is 0 Å². The molecular formula is C19H21N3O2S2. The quantitative estimate of drug-likeness (QED) is 0.707. The van der Waals surface area contributed by atoms with Crippen molar-refractivity contribution in [2.24, 2.45) is 0 Å². The maximum atomic E-state index is 13.1. The van der Waals surface area contributed by atoms with Crippen molar-refractivity contribution in [2.75, 3.05) is 0 Å². The van der Waals surface area contributed by atoms with E-state index in [-0.39, 0.29) is 6.04 Å². The van der Waals surface area contributed by atoms with Crippen molar-refractivity contribution < 1.29 is 8.42 Å². The zero-order chi connectivity index (χ0) is 18.3. The molecule has 3 aromatic rings. The summed E-state index contributed by atoms with van der Waals surface area (Å²) in [7, 11) is -3.59. The number of hydrogen-bond acceptors (Lipinski definition) is 4. The van der Waals surface area contributed by atoms with E-state index in [1.165, 1.54) is 16.9 Å². The number of rotatable bonds is 4. The van der Waals surface area contributed by atoms with Crippen molar-refractivity contribution in [3.63, 3.8) is 0 Å². The van der Waals surface area contributed by atoms with Crippen LogP contribution in [0.4, 0.5) is 0 Å². The summed E-state index contributed by atoms with van der Waals surface area (Å²) in [4.78, 5) is 2.02. The van der Waals surface area contributed by atoms with Crippen LogP contribution in [0.1, 0.15) is 40.6 Å². The molecule has 0 bridgehead atoms. The Balaban J connectivity index is 1.65. The molecule has 0 fully saturated rings. The first-order valence-corrected chi connectivity index (χ1v) is 11.0. The molecule has 0 amide bonds. The molecule has 0 aliphatic heterocycles. The Kier molecular flexibility index (Phi) is 4.46. The minimum Gasteiger partial charge on any atom is -0.277 e. The summed E-state index contributed by atoms with van der Waals surface area (Å²) in [6, 6.07) is 11.6. The summed E-state index contributed by atoms with van der Waals surface area (Å²) in [6.45, 7) is 3.75. The van der Waals surface area contributed by atoms with Gasteiger partial charge in [-0.2, -0.15) is 5.10 Å². The highest BCUT2D eigenvalue weighted by Gasteiger charge is 2.28. The third-order valence-corrected chi connectivity index (χ3v) is 7.61. The Morgan fingerprint density at radius 3 is 2.81 bits per heavy atom. The van der Waals surface area contributed by atoms with Gasteiger partial charge in [0.15, 0.2) is 0 Å². The standard InChI is InChI=1S/C19H21N3O2S2/c1-12-10-17(21-20-12)18-11-19(13(2)25-18)26(23,24)22-16-9-5-7-14-6-3-4-8-15(14)16/h3-4,6,8,10-11,16,22H,5,7,9H2,1-2H3,(H,20,21). The van der Waals surface area contributed by atoms with Gasteiger partial charge in [0, 0.05) is 10.9 Å². The predicted molar refractivity (Wildman–Crippen MR) is 104 cm³/mol. The number of aromatic nitrogens is 2. The summed E-state index contributed by atoms with van der Waals surface area (Å²) in [5.74, 6) is 0. The fraction of sp³-hybridized carbons (Fsp3) is 0.316. The van der Waals surface area contributed by atoms with E-state index in [1.807, 2.05) is 38.1 Å². The molecule has 0 saturated carbocycles. The van der Waals surface area contributed by atoms with Crippen molar-refractivity contribution in [3.8, 4) is 10.6 Å². The first-order valence-electron chi connectivity index (χ1n) is 8.67. The minimum atomic E-state index is -3.59.